The summed E-state index contributed by atoms with van der Waals surface area (Å²) in [6.45, 7) is 9.57. The number of anilines is 1. The molecule has 0 saturated carbocycles. The van der Waals surface area contributed by atoms with Crippen molar-refractivity contribution in [2.75, 3.05) is 37.6 Å². The molecule has 0 unspecified atom stereocenters. The zero-order valence-electron chi connectivity index (χ0n) is 19.0. The predicted molar refractivity (Wildman–Crippen MR) is 126 cm³/mol. The number of nitrogens with one attached hydrogen (secondary N) is 1. The summed E-state index contributed by atoms with van der Waals surface area (Å²) in [4.78, 5) is 26.5. The zero-order valence-corrected chi connectivity index (χ0v) is 19.7. The molecule has 0 spiro atoms. The second kappa shape index (κ2) is 9.73. The highest BCUT2D eigenvalue weighted by molar-refractivity contribution is 6.30. The van der Waals surface area contributed by atoms with Crippen LogP contribution in [0.2, 0.25) is 5.02 Å². The van der Waals surface area contributed by atoms with Gasteiger partial charge in [-0.1, -0.05) is 44.5 Å². The van der Waals surface area contributed by atoms with Crippen LogP contribution in [0.1, 0.15) is 62.0 Å². The Hall–Kier alpha value is -2.22. The molecule has 1 aliphatic carbocycles. The standard InChI is InChI=1S/C24H32ClN5O2/c1-15(2)26-13-19(17-4-6-18(25)7-5-17)24(32)30-10-8-29(9-11-30)23-21-16(3)12-20(31)22(21)27-14-28-23/h4-7,14-16,19-20,26,31H,8-13H2,1-3H3/t16-,19+,20+/m0/s1. The number of fused-ring (bicyclic) bond motifs is 1. The fourth-order valence-electron chi connectivity index (χ4n) is 4.71. The Morgan fingerprint density at radius 1 is 1.19 bits per heavy atom. The summed E-state index contributed by atoms with van der Waals surface area (Å²) in [5.74, 6) is 1.02. The first kappa shape index (κ1) is 23.0. The monoisotopic (exact) mass is 457 g/mol. The second-order valence-corrected chi connectivity index (χ2v) is 9.56. The average molecular weight is 458 g/mol. The van der Waals surface area contributed by atoms with E-state index in [0.717, 1.165) is 22.6 Å². The van der Waals surface area contributed by atoms with Crippen molar-refractivity contribution < 1.29 is 9.90 Å². The van der Waals surface area contributed by atoms with E-state index >= 15 is 0 Å². The first-order valence-corrected chi connectivity index (χ1v) is 11.8. The van der Waals surface area contributed by atoms with Gasteiger partial charge in [-0.05, 0) is 30.0 Å². The van der Waals surface area contributed by atoms with Crippen LogP contribution in [-0.4, -0.2) is 64.6 Å². The normalized spacial score (nSPS) is 21.7. The molecular weight excluding hydrogens is 426 g/mol. The van der Waals surface area contributed by atoms with Crippen molar-refractivity contribution in [1.29, 1.82) is 0 Å². The fraction of sp³-hybridized carbons (Fsp3) is 0.542. The van der Waals surface area contributed by atoms with E-state index in [1.54, 1.807) is 6.33 Å². The third-order valence-electron chi connectivity index (χ3n) is 6.47. The molecule has 2 N–H and O–H groups in total. The number of aliphatic hydroxyl groups excluding tert-OH is 1. The fourth-order valence-corrected chi connectivity index (χ4v) is 4.84. The summed E-state index contributed by atoms with van der Waals surface area (Å²) >= 11 is 6.06. The van der Waals surface area contributed by atoms with E-state index in [0.29, 0.717) is 50.2 Å². The summed E-state index contributed by atoms with van der Waals surface area (Å²) in [5, 5.41) is 14.4. The van der Waals surface area contributed by atoms with E-state index in [1.807, 2.05) is 29.2 Å². The molecule has 1 fully saturated rings. The Kier molecular flexibility index (Phi) is 6.98. The van der Waals surface area contributed by atoms with Crippen molar-refractivity contribution in [3.05, 3.63) is 52.4 Å². The minimum absolute atomic E-state index is 0.136. The second-order valence-electron chi connectivity index (χ2n) is 9.13. The van der Waals surface area contributed by atoms with Crippen molar-refractivity contribution in [2.24, 2.45) is 0 Å². The quantitative estimate of drug-likeness (QED) is 0.693. The van der Waals surface area contributed by atoms with Crippen molar-refractivity contribution in [3.63, 3.8) is 0 Å². The summed E-state index contributed by atoms with van der Waals surface area (Å²) < 4.78 is 0. The smallest absolute Gasteiger partial charge is 0.231 e. The SMILES string of the molecule is CC(C)NC[C@@H](C(=O)N1CCN(c2ncnc3c2[C@@H](C)C[C@H]3O)CC1)c1ccc(Cl)cc1. The lowest BCUT2D eigenvalue weighted by Crippen LogP contribution is -2.51. The van der Waals surface area contributed by atoms with Gasteiger partial charge in [-0.2, -0.15) is 0 Å². The van der Waals surface area contributed by atoms with Crippen LogP contribution in [0.3, 0.4) is 0 Å². The number of halogens is 1. The molecule has 1 aliphatic heterocycles. The van der Waals surface area contributed by atoms with Crippen molar-refractivity contribution in [2.45, 2.75) is 51.2 Å². The lowest BCUT2D eigenvalue weighted by Gasteiger charge is -2.38. The number of rotatable bonds is 6. The molecule has 1 aromatic heterocycles. The number of piperazine rings is 1. The maximum absolute atomic E-state index is 13.5. The van der Waals surface area contributed by atoms with E-state index in [-0.39, 0.29) is 17.7 Å². The maximum Gasteiger partial charge on any atom is 0.231 e. The van der Waals surface area contributed by atoms with Gasteiger partial charge >= 0.3 is 0 Å². The molecule has 0 bridgehead atoms. The molecule has 1 amide bonds. The van der Waals surface area contributed by atoms with Crippen LogP contribution in [0, 0.1) is 0 Å². The van der Waals surface area contributed by atoms with Crippen LogP contribution in [-0.2, 0) is 4.79 Å². The van der Waals surface area contributed by atoms with Crippen LogP contribution in [0.25, 0.3) is 0 Å². The van der Waals surface area contributed by atoms with Gasteiger partial charge in [-0.3, -0.25) is 4.79 Å². The van der Waals surface area contributed by atoms with E-state index in [4.69, 9.17) is 11.6 Å². The van der Waals surface area contributed by atoms with Gasteiger partial charge in [0.05, 0.1) is 17.7 Å². The Morgan fingerprint density at radius 3 is 2.53 bits per heavy atom. The van der Waals surface area contributed by atoms with Crippen molar-refractivity contribution >= 4 is 23.3 Å². The summed E-state index contributed by atoms with van der Waals surface area (Å²) in [5.41, 5.74) is 2.79. The van der Waals surface area contributed by atoms with Gasteiger partial charge in [-0.15, -0.1) is 0 Å². The molecule has 2 heterocycles. The Morgan fingerprint density at radius 2 is 1.88 bits per heavy atom. The molecule has 8 heteroatoms. The molecule has 0 radical (unpaired) electrons. The Bertz CT molecular complexity index is 944. The molecule has 1 saturated heterocycles. The molecule has 4 rings (SSSR count). The maximum atomic E-state index is 13.5. The Balaban J connectivity index is 1.47. The number of carbonyl (C=O) groups excluding carboxylic acids is 1. The molecule has 1 aromatic carbocycles. The van der Waals surface area contributed by atoms with Crippen molar-refractivity contribution in [1.82, 2.24) is 20.2 Å². The highest BCUT2D eigenvalue weighted by atomic mass is 35.5. The van der Waals surface area contributed by atoms with Gasteiger partial charge in [0, 0.05) is 49.4 Å². The van der Waals surface area contributed by atoms with E-state index in [2.05, 4.69) is 41.0 Å². The van der Waals surface area contributed by atoms with Crippen LogP contribution in [0.15, 0.2) is 30.6 Å². The van der Waals surface area contributed by atoms with Crippen LogP contribution in [0.5, 0.6) is 0 Å². The van der Waals surface area contributed by atoms with Gasteiger partial charge in [-0.25, -0.2) is 9.97 Å². The van der Waals surface area contributed by atoms with E-state index < -0.39 is 6.10 Å². The number of carbonyl (C=O) groups is 1. The molecule has 2 aromatic rings. The number of amides is 1. The summed E-state index contributed by atoms with van der Waals surface area (Å²) in [7, 11) is 0. The number of hydrogen-bond acceptors (Lipinski definition) is 6. The van der Waals surface area contributed by atoms with Gasteiger partial charge in [0.15, 0.2) is 0 Å². The first-order valence-electron chi connectivity index (χ1n) is 11.4. The minimum Gasteiger partial charge on any atom is -0.387 e. The highest BCUT2D eigenvalue weighted by Crippen LogP contribution is 2.42. The van der Waals surface area contributed by atoms with Gasteiger partial charge in [0.2, 0.25) is 5.91 Å². The summed E-state index contributed by atoms with van der Waals surface area (Å²) in [6.07, 6.45) is 1.71. The summed E-state index contributed by atoms with van der Waals surface area (Å²) in [6, 6.07) is 7.87. The number of nitrogens with zero attached hydrogens (tertiary/aromatic N) is 4. The number of aromatic nitrogens is 2. The van der Waals surface area contributed by atoms with Gasteiger partial charge < -0.3 is 20.2 Å². The van der Waals surface area contributed by atoms with E-state index in [1.165, 1.54) is 0 Å². The molecule has 172 valence electrons. The number of aliphatic hydroxyl groups is 1. The zero-order chi connectivity index (χ0) is 22.8. The highest BCUT2D eigenvalue weighted by Gasteiger charge is 2.35. The Labute approximate surface area is 194 Å². The third kappa shape index (κ3) is 4.75. The predicted octanol–water partition coefficient (Wildman–Crippen LogP) is 3.10. The lowest BCUT2D eigenvalue weighted by molar-refractivity contribution is -0.133. The number of benzene rings is 1. The third-order valence-corrected chi connectivity index (χ3v) is 6.72. The van der Waals surface area contributed by atoms with Crippen LogP contribution in [0.4, 0.5) is 5.82 Å². The molecule has 3 atom stereocenters. The van der Waals surface area contributed by atoms with Gasteiger partial charge in [0.1, 0.15) is 12.1 Å². The molecule has 7 nitrogen and oxygen atoms in total. The lowest BCUT2D eigenvalue weighted by atomic mass is 9.96. The van der Waals surface area contributed by atoms with Crippen LogP contribution >= 0.6 is 11.6 Å². The van der Waals surface area contributed by atoms with Crippen LogP contribution < -0.4 is 10.2 Å². The molecule has 32 heavy (non-hydrogen) atoms. The molecule has 2 aliphatic rings. The minimum atomic E-state index is -0.516. The van der Waals surface area contributed by atoms with Gasteiger partial charge in [0.25, 0.3) is 0 Å². The topological polar surface area (TPSA) is 81.6 Å². The average Bonchev–Trinajstić information content (AvgIpc) is 3.08. The number of hydrogen-bond donors (Lipinski definition) is 2. The largest absolute Gasteiger partial charge is 0.387 e. The van der Waals surface area contributed by atoms with Crippen molar-refractivity contribution in [3.8, 4) is 0 Å². The molecular formula is C24H32ClN5O2. The van der Waals surface area contributed by atoms with E-state index in [9.17, 15) is 9.90 Å². The first-order chi connectivity index (χ1) is 15.3.